The minimum atomic E-state index is -0.785. The van der Waals surface area contributed by atoms with E-state index in [0.717, 1.165) is 30.5 Å². The van der Waals surface area contributed by atoms with Crippen molar-refractivity contribution in [2.75, 3.05) is 12.0 Å². The number of hydrogen-bond donors (Lipinski definition) is 1. The summed E-state index contributed by atoms with van der Waals surface area (Å²) in [5.74, 6) is -0.525. The zero-order valence-corrected chi connectivity index (χ0v) is 22.9. The number of nitrogens with zero attached hydrogens (tertiary/aromatic N) is 1. The molecule has 4 rings (SSSR count). The third-order valence-electron chi connectivity index (χ3n) is 5.46. The van der Waals surface area contributed by atoms with Gasteiger partial charge in [0.05, 0.1) is 12.8 Å². The average molecular weight is 614 g/mol. The normalized spacial score (nSPS) is 14.8. The number of carbonyl (C=O) groups excluding carboxylic acids is 3. The van der Waals surface area contributed by atoms with Crippen LogP contribution < -0.4 is 19.7 Å². The van der Waals surface area contributed by atoms with E-state index in [1.54, 1.807) is 30.3 Å². The molecule has 0 spiro atoms. The number of urea groups is 1. The lowest BCUT2D eigenvalue weighted by Crippen LogP contribution is -2.54. The van der Waals surface area contributed by atoms with Crippen LogP contribution in [0.5, 0.6) is 11.5 Å². The first-order chi connectivity index (χ1) is 17.2. The molecule has 4 amide bonds. The van der Waals surface area contributed by atoms with E-state index >= 15 is 0 Å². The molecule has 3 aromatic rings. The fraction of sp³-hybridized carbons (Fsp3) is 0.148. The fourth-order valence-corrected chi connectivity index (χ4v) is 4.99. The number of amides is 4. The van der Waals surface area contributed by atoms with Crippen LogP contribution in [-0.2, 0) is 16.2 Å². The molecule has 0 radical (unpaired) electrons. The van der Waals surface area contributed by atoms with Crippen LogP contribution in [0.3, 0.4) is 0 Å². The summed E-state index contributed by atoms with van der Waals surface area (Å²) >= 11 is 6.95. The van der Waals surface area contributed by atoms with Crippen LogP contribution in [0.4, 0.5) is 10.5 Å². The number of barbiturate groups is 1. The Kier molecular flexibility index (Phi) is 7.61. The van der Waals surface area contributed by atoms with Crippen molar-refractivity contribution >= 4 is 61.5 Å². The molecule has 0 saturated carbocycles. The van der Waals surface area contributed by atoms with Gasteiger partial charge in [-0.3, -0.25) is 14.9 Å². The van der Waals surface area contributed by atoms with Crippen LogP contribution in [0.25, 0.3) is 6.08 Å². The van der Waals surface area contributed by atoms with Crippen molar-refractivity contribution < 1.29 is 23.9 Å². The van der Waals surface area contributed by atoms with Gasteiger partial charge in [0, 0.05) is 14.5 Å². The van der Waals surface area contributed by atoms with Gasteiger partial charge in [-0.25, -0.2) is 9.69 Å². The Bertz CT molecular complexity index is 1400. The number of carbonyl (C=O) groups is 3. The summed E-state index contributed by atoms with van der Waals surface area (Å²) in [6.45, 7) is 4.05. The molecule has 1 heterocycles. The molecule has 7 nitrogen and oxygen atoms in total. The van der Waals surface area contributed by atoms with Gasteiger partial charge in [0.1, 0.15) is 12.2 Å². The third kappa shape index (κ3) is 5.52. The van der Waals surface area contributed by atoms with Crippen LogP contribution in [0.15, 0.2) is 69.1 Å². The molecule has 0 atom stereocenters. The molecular formula is C27H22Br2N2O5. The Hall–Kier alpha value is -3.43. The molecule has 1 saturated heterocycles. The van der Waals surface area contributed by atoms with Crippen LogP contribution in [0.2, 0.25) is 0 Å². The zero-order valence-electron chi connectivity index (χ0n) is 19.7. The number of ether oxygens (including phenoxy) is 2. The molecule has 3 aromatic carbocycles. The zero-order chi connectivity index (χ0) is 26.0. The second-order valence-electron chi connectivity index (χ2n) is 8.24. The van der Waals surface area contributed by atoms with E-state index in [2.05, 4.69) is 37.2 Å². The maximum atomic E-state index is 13.2. The molecule has 36 heavy (non-hydrogen) atoms. The first-order valence-corrected chi connectivity index (χ1v) is 12.5. The van der Waals surface area contributed by atoms with E-state index in [4.69, 9.17) is 9.47 Å². The van der Waals surface area contributed by atoms with Gasteiger partial charge in [-0.05, 0) is 73.0 Å². The van der Waals surface area contributed by atoms with Crippen molar-refractivity contribution in [2.45, 2.75) is 20.5 Å². The Morgan fingerprint density at radius 1 is 0.917 bits per heavy atom. The number of imide groups is 2. The van der Waals surface area contributed by atoms with Gasteiger partial charge >= 0.3 is 6.03 Å². The minimum Gasteiger partial charge on any atom is -0.493 e. The second kappa shape index (κ2) is 10.7. The van der Waals surface area contributed by atoms with Crippen molar-refractivity contribution in [3.05, 3.63) is 91.4 Å². The number of methoxy groups -OCH3 is 1. The first kappa shape index (κ1) is 25.7. The standard InChI is InChI=1S/C27H22Br2N2O5/c1-15-8-16(2)10-20(9-15)31-26(33)21(25(32)30-27(31)34)11-17-4-7-23(24(12-17)35-3)36-14-18-5-6-19(28)13-22(18)29/h4-13H,14H2,1-3H3,(H,30,32,34)/b21-11+. The van der Waals surface area contributed by atoms with Crippen LogP contribution >= 0.6 is 31.9 Å². The maximum absolute atomic E-state index is 13.2. The highest BCUT2D eigenvalue weighted by atomic mass is 79.9. The number of benzene rings is 3. The molecule has 184 valence electrons. The predicted octanol–water partition coefficient (Wildman–Crippen LogP) is 6.08. The maximum Gasteiger partial charge on any atom is 0.335 e. The van der Waals surface area contributed by atoms with E-state index in [9.17, 15) is 14.4 Å². The lowest BCUT2D eigenvalue weighted by Gasteiger charge is -2.27. The summed E-state index contributed by atoms with van der Waals surface area (Å²) in [5.41, 5.74) is 3.51. The van der Waals surface area contributed by atoms with E-state index in [-0.39, 0.29) is 5.57 Å². The topological polar surface area (TPSA) is 84.9 Å². The number of nitrogens with one attached hydrogen (secondary N) is 1. The quantitative estimate of drug-likeness (QED) is 0.269. The van der Waals surface area contributed by atoms with Gasteiger partial charge in [0.2, 0.25) is 0 Å². The van der Waals surface area contributed by atoms with Gasteiger partial charge in [-0.1, -0.05) is 50.1 Å². The summed E-state index contributed by atoms with van der Waals surface area (Å²) in [4.78, 5) is 39.3. The van der Waals surface area contributed by atoms with Crippen molar-refractivity contribution in [3.63, 3.8) is 0 Å². The number of hydrogen-bond acceptors (Lipinski definition) is 5. The minimum absolute atomic E-state index is 0.164. The molecule has 9 heteroatoms. The van der Waals surface area contributed by atoms with Gasteiger partial charge < -0.3 is 9.47 Å². The Labute approximate surface area is 225 Å². The molecule has 0 aromatic heterocycles. The molecule has 1 N–H and O–H groups in total. The third-order valence-corrected chi connectivity index (χ3v) is 6.69. The van der Waals surface area contributed by atoms with Crippen LogP contribution in [0.1, 0.15) is 22.3 Å². The average Bonchev–Trinajstić information content (AvgIpc) is 2.81. The number of anilines is 1. The number of aryl methyl sites for hydroxylation is 2. The Morgan fingerprint density at radius 3 is 2.31 bits per heavy atom. The largest absolute Gasteiger partial charge is 0.493 e. The van der Waals surface area contributed by atoms with Crippen LogP contribution in [0, 0.1) is 13.8 Å². The molecule has 0 bridgehead atoms. The summed E-state index contributed by atoms with van der Waals surface area (Å²) in [6.07, 6.45) is 1.43. The molecule has 1 aliphatic heterocycles. The molecule has 1 fully saturated rings. The molecule has 0 unspecified atom stereocenters. The van der Waals surface area contributed by atoms with E-state index in [1.807, 2.05) is 38.1 Å². The highest BCUT2D eigenvalue weighted by Crippen LogP contribution is 2.32. The number of rotatable bonds is 6. The van der Waals surface area contributed by atoms with Gasteiger partial charge in [-0.15, -0.1) is 0 Å². The summed E-state index contributed by atoms with van der Waals surface area (Å²) in [7, 11) is 1.51. The smallest absolute Gasteiger partial charge is 0.335 e. The van der Waals surface area contributed by atoms with E-state index < -0.39 is 17.8 Å². The number of halogens is 2. The monoisotopic (exact) mass is 612 g/mol. The Balaban J connectivity index is 1.61. The summed E-state index contributed by atoms with van der Waals surface area (Å²) in [6, 6.07) is 15.5. The lowest BCUT2D eigenvalue weighted by molar-refractivity contribution is -0.122. The van der Waals surface area contributed by atoms with Gasteiger partial charge in [0.25, 0.3) is 11.8 Å². The molecule has 0 aliphatic carbocycles. The second-order valence-corrected chi connectivity index (χ2v) is 10.0. The predicted molar refractivity (Wildman–Crippen MR) is 144 cm³/mol. The summed E-state index contributed by atoms with van der Waals surface area (Å²) in [5, 5.41) is 2.25. The van der Waals surface area contributed by atoms with Gasteiger partial charge in [0.15, 0.2) is 11.5 Å². The van der Waals surface area contributed by atoms with Crippen molar-refractivity contribution in [1.82, 2.24) is 5.32 Å². The fourth-order valence-electron chi connectivity index (χ4n) is 3.83. The Morgan fingerprint density at radius 2 is 1.64 bits per heavy atom. The molecule has 1 aliphatic rings. The highest BCUT2D eigenvalue weighted by molar-refractivity contribution is 9.11. The van der Waals surface area contributed by atoms with E-state index in [1.165, 1.54) is 13.2 Å². The molecular weight excluding hydrogens is 592 g/mol. The van der Waals surface area contributed by atoms with Crippen molar-refractivity contribution in [1.29, 1.82) is 0 Å². The van der Waals surface area contributed by atoms with Crippen LogP contribution in [-0.4, -0.2) is 25.0 Å². The van der Waals surface area contributed by atoms with Gasteiger partial charge in [-0.2, -0.15) is 0 Å². The summed E-state index contributed by atoms with van der Waals surface area (Å²) < 4.78 is 13.3. The first-order valence-electron chi connectivity index (χ1n) is 10.9. The SMILES string of the molecule is COc1cc(/C=C2\C(=O)NC(=O)N(c3cc(C)cc(C)c3)C2=O)ccc1OCc1ccc(Br)cc1Br. The van der Waals surface area contributed by atoms with Crippen molar-refractivity contribution in [3.8, 4) is 11.5 Å². The highest BCUT2D eigenvalue weighted by Gasteiger charge is 2.37. The van der Waals surface area contributed by atoms with E-state index in [0.29, 0.717) is 29.4 Å². The van der Waals surface area contributed by atoms with Crippen molar-refractivity contribution in [2.24, 2.45) is 0 Å². The lowest BCUT2D eigenvalue weighted by atomic mass is 10.0.